The summed E-state index contributed by atoms with van der Waals surface area (Å²) in [4.78, 5) is 22.7. The molecule has 2 rings (SSSR count). The normalized spacial score (nSPS) is 11.2. The van der Waals surface area contributed by atoms with E-state index in [4.69, 9.17) is 0 Å². The van der Waals surface area contributed by atoms with E-state index in [1.807, 2.05) is 17.5 Å². The Bertz CT molecular complexity index is 748. The molecule has 134 valence electrons. The minimum atomic E-state index is -4.65. The summed E-state index contributed by atoms with van der Waals surface area (Å²) in [6.45, 7) is 0.324. The van der Waals surface area contributed by atoms with Gasteiger partial charge in [0.15, 0.2) is 0 Å². The number of nitro groups is 1. The summed E-state index contributed by atoms with van der Waals surface area (Å²) < 4.78 is 37.9. The number of amides is 1. The Morgan fingerprint density at radius 2 is 2.00 bits per heavy atom. The third kappa shape index (κ3) is 5.45. The van der Waals surface area contributed by atoms with Crippen LogP contribution >= 0.6 is 11.3 Å². The van der Waals surface area contributed by atoms with Crippen molar-refractivity contribution in [1.29, 1.82) is 0 Å². The molecular formula is C15H14F3N3O3S. The molecule has 6 nitrogen and oxygen atoms in total. The summed E-state index contributed by atoms with van der Waals surface area (Å²) in [6, 6.07) is 5.92. The first kappa shape index (κ1) is 18.7. The van der Waals surface area contributed by atoms with Gasteiger partial charge in [0.25, 0.3) is 5.69 Å². The van der Waals surface area contributed by atoms with Crippen molar-refractivity contribution in [3.8, 4) is 0 Å². The molecule has 10 heteroatoms. The van der Waals surface area contributed by atoms with Crippen LogP contribution in [0, 0.1) is 10.1 Å². The van der Waals surface area contributed by atoms with E-state index in [2.05, 4.69) is 10.6 Å². The van der Waals surface area contributed by atoms with E-state index in [0.29, 0.717) is 6.07 Å². The minimum Gasteiger partial charge on any atom is -0.378 e. The predicted octanol–water partition coefficient (Wildman–Crippen LogP) is 3.45. The Kier molecular flexibility index (Phi) is 5.97. The van der Waals surface area contributed by atoms with Crippen LogP contribution in [-0.4, -0.2) is 23.9 Å². The van der Waals surface area contributed by atoms with E-state index in [1.165, 1.54) is 11.3 Å². The molecule has 1 heterocycles. The molecule has 0 unspecified atom stereocenters. The molecule has 0 aliphatic rings. The first-order chi connectivity index (χ1) is 11.8. The third-order valence-electron chi connectivity index (χ3n) is 3.20. The number of anilines is 1. The van der Waals surface area contributed by atoms with Crippen LogP contribution in [0.1, 0.15) is 10.4 Å². The maximum absolute atomic E-state index is 12.6. The molecule has 1 aromatic heterocycles. The van der Waals surface area contributed by atoms with Crippen molar-refractivity contribution in [2.45, 2.75) is 12.6 Å². The van der Waals surface area contributed by atoms with E-state index in [1.54, 1.807) is 0 Å². The van der Waals surface area contributed by atoms with Crippen LogP contribution in [-0.2, 0) is 17.4 Å². The number of alkyl halides is 3. The van der Waals surface area contributed by atoms with Crippen molar-refractivity contribution in [3.05, 3.63) is 56.3 Å². The number of hydrogen-bond acceptors (Lipinski definition) is 5. The molecule has 0 aliphatic carbocycles. The topological polar surface area (TPSA) is 84.3 Å². The highest BCUT2D eigenvalue weighted by atomic mass is 32.1. The Balaban J connectivity index is 1.89. The number of carbonyl (C=O) groups is 1. The maximum Gasteiger partial charge on any atom is 0.416 e. The maximum atomic E-state index is 12.6. The lowest BCUT2D eigenvalue weighted by Gasteiger charge is -2.11. The highest BCUT2D eigenvalue weighted by Gasteiger charge is 2.32. The van der Waals surface area contributed by atoms with Crippen molar-refractivity contribution in [2.24, 2.45) is 0 Å². The highest BCUT2D eigenvalue weighted by molar-refractivity contribution is 7.10. The van der Waals surface area contributed by atoms with Gasteiger partial charge in [-0.25, -0.2) is 0 Å². The molecule has 0 radical (unpaired) electrons. The van der Waals surface area contributed by atoms with Gasteiger partial charge in [0, 0.05) is 24.0 Å². The van der Waals surface area contributed by atoms with Crippen LogP contribution in [0.4, 0.5) is 24.5 Å². The number of hydrogen-bond donors (Lipinski definition) is 2. The summed E-state index contributed by atoms with van der Waals surface area (Å²) in [5, 5.41) is 18.1. The summed E-state index contributed by atoms with van der Waals surface area (Å²) >= 11 is 1.45. The zero-order chi connectivity index (χ0) is 18.4. The van der Waals surface area contributed by atoms with Crippen molar-refractivity contribution in [1.82, 2.24) is 5.32 Å². The zero-order valence-corrected chi connectivity index (χ0v) is 13.6. The molecule has 0 atom stereocenters. The van der Waals surface area contributed by atoms with Crippen LogP contribution in [0.2, 0.25) is 0 Å². The van der Waals surface area contributed by atoms with Gasteiger partial charge in [-0.2, -0.15) is 13.2 Å². The number of halogens is 3. The van der Waals surface area contributed by atoms with E-state index < -0.39 is 22.4 Å². The molecular weight excluding hydrogens is 359 g/mol. The van der Waals surface area contributed by atoms with Gasteiger partial charge >= 0.3 is 6.18 Å². The van der Waals surface area contributed by atoms with Gasteiger partial charge in [0.05, 0.1) is 16.9 Å². The first-order valence-electron chi connectivity index (χ1n) is 7.16. The second-order valence-corrected chi connectivity index (χ2v) is 6.05. The molecule has 0 spiro atoms. The number of nitro benzene ring substituents is 1. The van der Waals surface area contributed by atoms with Crippen molar-refractivity contribution < 1.29 is 22.9 Å². The molecule has 1 amide bonds. The first-order valence-corrected chi connectivity index (χ1v) is 8.04. The monoisotopic (exact) mass is 373 g/mol. The highest BCUT2D eigenvalue weighted by Crippen LogP contribution is 2.34. The minimum absolute atomic E-state index is 0.0366. The zero-order valence-electron chi connectivity index (χ0n) is 12.8. The van der Waals surface area contributed by atoms with Gasteiger partial charge in [-0.15, -0.1) is 11.3 Å². The summed E-state index contributed by atoms with van der Waals surface area (Å²) in [5.74, 6) is -0.203. The molecule has 2 aromatic rings. The Hall–Kier alpha value is -2.62. The van der Waals surface area contributed by atoms with E-state index in [-0.39, 0.29) is 31.1 Å². The van der Waals surface area contributed by atoms with Gasteiger partial charge in [0.2, 0.25) is 5.91 Å². The smallest absolute Gasteiger partial charge is 0.378 e. The van der Waals surface area contributed by atoms with Crippen LogP contribution in [0.3, 0.4) is 0 Å². The van der Waals surface area contributed by atoms with Gasteiger partial charge in [-0.3, -0.25) is 14.9 Å². The molecule has 25 heavy (non-hydrogen) atoms. The third-order valence-corrected chi connectivity index (χ3v) is 4.08. The lowest BCUT2D eigenvalue weighted by atomic mass is 10.1. The molecule has 1 aromatic carbocycles. The van der Waals surface area contributed by atoms with Gasteiger partial charge in [-0.05, 0) is 23.6 Å². The number of nitrogens with one attached hydrogen (secondary N) is 2. The van der Waals surface area contributed by atoms with Crippen LogP contribution < -0.4 is 10.6 Å². The fourth-order valence-corrected chi connectivity index (χ4v) is 2.74. The molecule has 0 aliphatic heterocycles. The van der Waals surface area contributed by atoms with E-state index in [9.17, 15) is 28.1 Å². The standard InChI is InChI=1S/C15H14F3N3O3S/c16-15(17,18)10-3-4-12(13(8-10)21(23)24)19-5-6-20-14(22)9-11-2-1-7-25-11/h1-4,7-8,19H,5-6,9H2,(H,20,22). The van der Waals surface area contributed by atoms with Crippen LogP contribution in [0.25, 0.3) is 0 Å². The second-order valence-electron chi connectivity index (χ2n) is 5.02. The average molecular weight is 373 g/mol. The largest absolute Gasteiger partial charge is 0.416 e. The molecule has 0 fully saturated rings. The number of benzene rings is 1. The fourth-order valence-electron chi connectivity index (χ4n) is 2.04. The number of rotatable bonds is 7. The molecule has 0 bridgehead atoms. The Morgan fingerprint density at radius 3 is 2.60 bits per heavy atom. The van der Waals surface area contributed by atoms with Gasteiger partial charge < -0.3 is 10.6 Å². The summed E-state index contributed by atoms with van der Waals surface area (Å²) in [6.07, 6.45) is -4.42. The quantitative estimate of drug-likeness (QED) is 0.442. The Morgan fingerprint density at radius 1 is 1.24 bits per heavy atom. The summed E-state index contributed by atoms with van der Waals surface area (Å²) in [5.41, 5.74) is -1.79. The fraction of sp³-hybridized carbons (Fsp3) is 0.267. The van der Waals surface area contributed by atoms with E-state index >= 15 is 0 Å². The number of carbonyl (C=O) groups excluding carboxylic acids is 1. The lowest BCUT2D eigenvalue weighted by Crippen LogP contribution is -2.29. The van der Waals surface area contributed by atoms with E-state index in [0.717, 1.165) is 17.0 Å². The van der Waals surface area contributed by atoms with Crippen molar-refractivity contribution in [2.75, 3.05) is 18.4 Å². The summed E-state index contributed by atoms with van der Waals surface area (Å²) in [7, 11) is 0. The average Bonchev–Trinajstić information content (AvgIpc) is 3.03. The second kappa shape index (κ2) is 7.97. The number of nitrogens with zero attached hydrogens (tertiary/aromatic N) is 1. The molecule has 0 saturated carbocycles. The SMILES string of the molecule is O=C(Cc1cccs1)NCCNc1ccc(C(F)(F)F)cc1[N+](=O)[O-]. The van der Waals surface area contributed by atoms with Crippen molar-refractivity contribution >= 4 is 28.6 Å². The number of thiophene rings is 1. The molecule has 2 N–H and O–H groups in total. The van der Waals surface area contributed by atoms with Gasteiger partial charge in [-0.1, -0.05) is 6.07 Å². The predicted molar refractivity (Wildman–Crippen MR) is 87.6 cm³/mol. The molecule has 0 saturated heterocycles. The Labute approximate surface area is 144 Å². The van der Waals surface area contributed by atoms with Gasteiger partial charge in [0.1, 0.15) is 5.69 Å². The lowest BCUT2D eigenvalue weighted by molar-refractivity contribution is -0.384. The van der Waals surface area contributed by atoms with Crippen molar-refractivity contribution in [3.63, 3.8) is 0 Å². The van der Waals surface area contributed by atoms with Crippen LogP contribution in [0.5, 0.6) is 0 Å². The van der Waals surface area contributed by atoms with Crippen LogP contribution in [0.15, 0.2) is 35.7 Å².